The van der Waals surface area contributed by atoms with Crippen molar-refractivity contribution in [1.82, 2.24) is 10.2 Å². The van der Waals surface area contributed by atoms with E-state index in [4.69, 9.17) is 4.74 Å². The van der Waals surface area contributed by atoms with Gasteiger partial charge in [0, 0.05) is 19.1 Å². The minimum Gasteiger partial charge on any atom is -0.376 e. The van der Waals surface area contributed by atoms with Crippen LogP contribution in [0.5, 0.6) is 0 Å². The maximum absolute atomic E-state index is 5.57. The Labute approximate surface area is 107 Å². The van der Waals surface area contributed by atoms with Gasteiger partial charge in [-0.15, -0.1) is 0 Å². The predicted molar refractivity (Wildman–Crippen MR) is 73.4 cm³/mol. The fraction of sp³-hybridized carbons (Fsp3) is 1.00. The number of morpholine rings is 1. The lowest BCUT2D eigenvalue weighted by molar-refractivity contribution is -0.0326. The van der Waals surface area contributed by atoms with E-state index < -0.39 is 0 Å². The second-order valence-electron chi connectivity index (χ2n) is 5.77. The minimum atomic E-state index is 0.408. The highest BCUT2D eigenvalue weighted by Crippen LogP contribution is 2.12. The van der Waals surface area contributed by atoms with Gasteiger partial charge < -0.3 is 10.1 Å². The van der Waals surface area contributed by atoms with Crippen LogP contribution in [0.2, 0.25) is 0 Å². The summed E-state index contributed by atoms with van der Waals surface area (Å²) < 4.78 is 5.57. The Kier molecular flexibility index (Phi) is 7.09. The summed E-state index contributed by atoms with van der Waals surface area (Å²) >= 11 is 0. The van der Waals surface area contributed by atoms with Crippen LogP contribution >= 0.6 is 0 Å². The molecular formula is C14H30N2O. The van der Waals surface area contributed by atoms with Crippen LogP contribution in [0.1, 0.15) is 40.5 Å². The molecule has 0 aromatic heterocycles. The maximum Gasteiger partial charge on any atom is 0.0674 e. The molecule has 0 saturated carbocycles. The Balaban J connectivity index is 2.05. The van der Waals surface area contributed by atoms with Crippen LogP contribution in [0.4, 0.5) is 0 Å². The van der Waals surface area contributed by atoms with Gasteiger partial charge in [-0.1, -0.05) is 13.8 Å². The van der Waals surface area contributed by atoms with E-state index in [1.54, 1.807) is 0 Å². The molecule has 1 N–H and O–H groups in total. The van der Waals surface area contributed by atoms with Crippen molar-refractivity contribution >= 4 is 0 Å². The maximum atomic E-state index is 5.57. The van der Waals surface area contributed by atoms with E-state index in [-0.39, 0.29) is 0 Å². The third kappa shape index (κ3) is 6.39. The zero-order valence-electron chi connectivity index (χ0n) is 12.0. The van der Waals surface area contributed by atoms with Crippen LogP contribution in [0.3, 0.4) is 0 Å². The normalized spacial score (nSPS) is 24.2. The average Bonchev–Trinajstić information content (AvgIpc) is 2.28. The van der Waals surface area contributed by atoms with Crippen LogP contribution in [0.15, 0.2) is 0 Å². The van der Waals surface area contributed by atoms with Gasteiger partial charge in [-0.25, -0.2) is 0 Å². The van der Waals surface area contributed by atoms with E-state index in [0.29, 0.717) is 12.1 Å². The second kappa shape index (κ2) is 8.06. The summed E-state index contributed by atoms with van der Waals surface area (Å²) in [6, 6.07) is 0.696. The summed E-state index contributed by atoms with van der Waals surface area (Å²) in [6.07, 6.45) is 2.97. The summed E-state index contributed by atoms with van der Waals surface area (Å²) in [5.74, 6) is 0.757. The van der Waals surface area contributed by atoms with Gasteiger partial charge in [-0.3, -0.25) is 4.90 Å². The third-order valence-corrected chi connectivity index (χ3v) is 3.42. The van der Waals surface area contributed by atoms with Crippen LogP contribution in [-0.4, -0.2) is 49.8 Å². The number of hydrogen-bond acceptors (Lipinski definition) is 3. The smallest absolute Gasteiger partial charge is 0.0674 e. The number of ether oxygens (including phenoxy) is 1. The fourth-order valence-corrected chi connectivity index (χ4v) is 2.34. The molecule has 3 nitrogen and oxygen atoms in total. The van der Waals surface area contributed by atoms with Gasteiger partial charge in [0.25, 0.3) is 0 Å². The van der Waals surface area contributed by atoms with Crippen molar-refractivity contribution < 1.29 is 4.74 Å². The Hall–Kier alpha value is -0.120. The molecule has 1 heterocycles. The van der Waals surface area contributed by atoms with E-state index in [9.17, 15) is 0 Å². The van der Waals surface area contributed by atoms with E-state index in [2.05, 4.69) is 37.9 Å². The van der Waals surface area contributed by atoms with Gasteiger partial charge in [0.1, 0.15) is 0 Å². The fourth-order valence-electron chi connectivity index (χ4n) is 2.34. The first-order chi connectivity index (χ1) is 8.09. The summed E-state index contributed by atoms with van der Waals surface area (Å²) in [5, 5.41) is 3.51. The molecule has 0 amide bonds. The number of nitrogens with one attached hydrogen (secondary N) is 1. The Bertz CT molecular complexity index is 197. The molecule has 102 valence electrons. The molecule has 17 heavy (non-hydrogen) atoms. The largest absolute Gasteiger partial charge is 0.376 e. The molecule has 0 aromatic carbocycles. The zero-order chi connectivity index (χ0) is 12.7. The van der Waals surface area contributed by atoms with Crippen LogP contribution in [0.25, 0.3) is 0 Å². The summed E-state index contributed by atoms with van der Waals surface area (Å²) in [6.45, 7) is 14.4. The predicted octanol–water partition coefficient (Wildman–Crippen LogP) is 2.12. The Morgan fingerprint density at radius 1 is 1.35 bits per heavy atom. The van der Waals surface area contributed by atoms with Gasteiger partial charge in [0.15, 0.2) is 0 Å². The average molecular weight is 242 g/mol. The van der Waals surface area contributed by atoms with E-state index in [0.717, 1.165) is 38.7 Å². The van der Waals surface area contributed by atoms with Gasteiger partial charge in [-0.2, -0.15) is 0 Å². The number of nitrogens with zero attached hydrogens (tertiary/aromatic N) is 1. The number of rotatable bonds is 7. The number of hydrogen-bond donors (Lipinski definition) is 1. The highest BCUT2D eigenvalue weighted by Gasteiger charge is 2.20. The van der Waals surface area contributed by atoms with Gasteiger partial charge in [-0.05, 0) is 45.7 Å². The van der Waals surface area contributed by atoms with Crippen molar-refractivity contribution in [3.8, 4) is 0 Å². The lowest BCUT2D eigenvalue weighted by Gasteiger charge is -2.35. The molecule has 0 aromatic rings. The molecule has 3 heteroatoms. The zero-order valence-corrected chi connectivity index (χ0v) is 12.0. The molecule has 1 aliphatic heterocycles. The molecule has 0 aliphatic carbocycles. The van der Waals surface area contributed by atoms with E-state index in [1.165, 1.54) is 12.8 Å². The Morgan fingerprint density at radius 2 is 2.12 bits per heavy atom. The van der Waals surface area contributed by atoms with Gasteiger partial charge in [0.05, 0.1) is 12.7 Å². The Morgan fingerprint density at radius 3 is 2.76 bits per heavy atom. The van der Waals surface area contributed by atoms with Crippen molar-refractivity contribution in [2.75, 3.05) is 32.8 Å². The summed E-state index contributed by atoms with van der Waals surface area (Å²) in [7, 11) is 0. The second-order valence-corrected chi connectivity index (χ2v) is 5.77. The SMILES string of the molecule is CC(C)CNCCCC(C)N1CCOC(C)C1. The topological polar surface area (TPSA) is 24.5 Å². The summed E-state index contributed by atoms with van der Waals surface area (Å²) in [5.41, 5.74) is 0. The quantitative estimate of drug-likeness (QED) is 0.692. The molecule has 1 rings (SSSR count). The highest BCUT2D eigenvalue weighted by atomic mass is 16.5. The highest BCUT2D eigenvalue weighted by molar-refractivity contribution is 4.74. The van der Waals surface area contributed by atoms with Crippen LogP contribution < -0.4 is 5.32 Å². The van der Waals surface area contributed by atoms with E-state index in [1.807, 2.05) is 0 Å². The molecule has 2 atom stereocenters. The van der Waals surface area contributed by atoms with Crippen LogP contribution in [-0.2, 0) is 4.74 Å². The molecule has 1 saturated heterocycles. The first kappa shape index (κ1) is 14.9. The lowest BCUT2D eigenvalue weighted by Crippen LogP contribution is -2.45. The molecule has 1 aliphatic rings. The van der Waals surface area contributed by atoms with Crippen molar-refractivity contribution in [2.24, 2.45) is 5.92 Å². The lowest BCUT2D eigenvalue weighted by atomic mass is 10.1. The standard InChI is InChI=1S/C14H30N2O/c1-12(2)10-15-7-5-6-13(3)16-8-9-17-14(4)11-16/h12-15H,5-11H2,1-4H3. The third-order valence-electron chi connectivity index (χ3n) is 3.42. The van der Waals surface area contributed by atoms with Crippen molar-refractivity contribution in [1.29, 1.82) is 0 Å². The molecule has 2 unspecified atom stereocenters. The molecule has 0 bridgehead atoms. The van der Waals surface area contributed by atoms with Crippen molar-refractivity contribution in [2.45, 2.75) is 52.7 Å². The first-order valence-corrected chi connectivity index (χ1v) is 7.16. The molecular weight excluding hydrogens is 212 g/mol. The molecule has 0 radical (unpaired) electrons. The van der Waals surface area contributed by atoms with Gasteiger partial charge in [0.2, 0.25) is 0 Å². The van der Waals surface area contributed by atoms with Gasteiger partial charge >= 0.3 is 0 Å². The molecule has 0 spiro atoms. The molecule has 1 fully saturated rings. The first-order valence-electron chi connectivity index (χ1n) is 7.16. The van der Waals surface area contributed by atoms with Crippen molar-refractivity contribution in [3.05, 3.63) is 0 Å². The summed E-state index contributed by atoms with van der Waals surface area (Å²) in [4.78, 5) is 2.57. The monoisotopic (exact) mass is 242 g/mol. The minimum absolute atomic E-state index is 0.408. The van der Waals surface area contributed by atoms with E-state index >= 15 is 0 Å². The van der Waals surface area contributed by atoms with Crippen molar-refractivity contribution in [3.63, 3.8) is 0 Å². The van der Waals surface area contributed by atoms with Crippen LogP contribution in [0, 0.1) is 5.92 Å².